The maximum absolute atomic E-state index is 8.19. The summed E-state index contributed by atoms with van der Waals surface area (Å²) < 4.78 is 9.62. The molecule has 10 heavy (non-hydrogen) atoms. The van der Waals surface area contributed by atoms with Gasteiger partial charge in [0.2, 0.25) is 0 Å². The van der Waals surface area contributed by atoms with Gasteiger partial charge in [-0.25, -0.2) is 0 Å². The van der Waals surface area contributed by atoms with Crippen LogP contribution in [0.4, 0.5) is 0 Å². The first-order valence-electron chi connectivity index (χ1n) is 3.32. The molecular weight excluding hydrogens is 130 g/mol. The molecule has 0 atom stereocenters. The molecule has 3 nitrogen and oxygen atoms in total. The number of hydrogen-bond donors (Lipinski definition) is 1. The molecule has 0 bridgehead atoms. The standard InChI is InChI=1S/C5H14B2O3/c1-5(2,3)4-9-7-10-6-8/h6-8H,4H2,1-3H3. The topological polar surface area (TPSA) is 38.7 Å². The maximum atomic E-state index is 8.19. The fourth-order valence-electron chi connectivity index (χ4n) is 0.444. The molecule has 1 N–H and O–H groups in total. The predicted octanol–water partition coefficient (Wildman–Crippen LogP) is -0.409. The van der Waals surface area contributed by atoms with Crippen LogP contribution in [0.5, 0.6) is 0 Å². The van der Waals surface area contributed by atoms with Gasteiger partial charge in [0.15, 0.2) is 0 Å². The van der Waals surface area contributed by atoms with Crippen LogP contribution in [0.1, 0.15) is 20.8 Å². The van der Waals surface area contributed by atoms with Gasteiger partial charge in [-0.1, -0.05) is 20.8 Å². The monoisotopic (exact) mass is 144 g/mol. The van der Waals surface area contributed by atoms with Crippen LogP contribution < -0.4 is 0 Å². The van der Waals surface area contributed by atoms with E-state index in [2.05, 4.69) is 25.3 Å². The Morgan fingerprint density at radius 1 is 1.40 bits per heavy atom. The molecule has 5 heteroatoms. The number of hydrogen-bond acceptors (Lipinski definition) is 3. The van der Waals surface area contributed by atoms with E-state index in [0.29, 0.717) is 6.61 Å². The van der Waals surface area contributed by atoms with E-state index in [1.165, 1.54) is 0 Å². The molecule has 0 amide bonds. The molecule has 0 spiro atoms. The summed E-state index contributed by atoms with van der Waals surface area (Å²) in [6.45, 7) is 6.87. The summed E-state index contributed by atoms with van der Waals surface area (Å²) in [5.41, 5.74) is 0.165. The largest absolute Gasteiger partial charge is 0.457 e. The van der Waals surface area contributed by atoms with E-state index in [4.69, 9.17) is 9.68 Å². The zero-order valence-corrected chi connectivity index (χ0v) is 6.89. The van der Waals surface area contributed by atoms with Gasteiger partial charge in [0.1, 0.15) is 0 Å². The Bertz CT molecular complexity index is 81.5. The van der Waals surface area contributed by atoms with Crippen molar-refractivity contribution in [2.75, 3.05) is 6.61 Å². The van der Waals surface area contributed by atoms with Gasteiger partial charge in [-0.3, -0.25) is 0 Å². The average Bonchev–Trinajstić information content (AvgIpc) is 1.78. The summed E-state index contributed by atoms with van der Waals surface area (Å²) >= 11 is 0. The molecule has 0 aliphatic carbocycles. The third-order valence-electron chi connectivity index (χ3n) is 0.793. The molecule has 0 aromatic heterocycles. The second-order valence-corrected chi connectivity index (χ2v) is 3.36. The fraction of sp³-hybridized carbons (Fsp3) is 1.00. The van der Waals surface area contributed by atoms with E-state index in [0.717, 1.165) is 0 Å². The molecule has 0 radical (unpaired) electrons. The van der Waals surface area contributed by atoms with Gasteiger partial charge in [-0.05, 0) is 5.41 Å². The van der Waals surface area contributed by atoms with E-state index < -0.39 is 0 Å². The SMILES string of the molecule is CC(C)(C)COBOBO. The highest BCUT2D eigenvalue weighted by atomic mass is 16.6. The molecule has 0 aliphatic rings. The average molecular weight is 144 g/mol. The lowest BCUT2D eigenvalue weighted by Crippen LogP contribution is -2.18. The highest BCUT2D eigenvalue weighted by Crippen LogP contribution is 2.11. The molecule has 0 fully saturated rings. The van der Waals surface area contributed by atoms with Crippen molar-refractivity contribution in [1.29, 1.82) is 0 Å². The van der Waals surface area contributed by atoms with Gasteiger partial charge in [0.25, 0.3) is 0 Å². The second-order valence-electron chi connectivity index (χ2n) is 3.36. The van der Waals surface area contributed by atoms with Crippen LogP contribution in [0.15, 0.2) is 0 Å². The summed E-state index contributed by atoms with van der Waals surface area (Å²) in [6.07, 6.45) is 0. The molecule has 0 unspecified atom stereocenters. The van der Waals surface area contributed by atoms with Crippen molar-refractivity contribution in [1.82, 2.24) is 0 Å². The van der Waals surface area contributed by atoms with E-state index in [9.17, 15) is 0 Å². The van der Waals surface area contributed by atoms with Gasteiger partial charge in [0.05, 0.1) is 0 Å². The van der Waals surface area contributed by atoms with E-state index in [-0.39, 0.29) is 20.8 Å². The predicted molar refractivity (Wildman–Crippen MR) is 43.0 cm³/mol. The van der Waals surface area contributed by atoms with E-state index in [1.807, 2.05) is 0 Å². The third-order valence-corrected chi connectivity index (χ3v) is 0.793. The third kappa shape index (κ3) is 8.01. The van der Waals surface area contributed by atoms with Crippen molar-refractivity contribution in [2.45, 2.75) is 20.8 Å². The molecule has 0 rings (SSSR count). The van der Waals surface area contributed by atoms with Gasteiger partial charge >= 0.3 is 15.4 Å². The number of rotatable bonds is 4. The first-order valence-corrected chi connectivity index (χ1v) is 3.32. The summed E-state index contributed by atoms with van der Waals surface area (Å²) in [6, 6.07) is 0. The second kappa shape index (κ2) is 4.77. The van der Waals surface area contributed by atoms with E-state index >= 15 is 0 Å². The van der Waals surface area contributed by atoms with Crippen LogP contribution in [0.25, 0.3) is 0 Å². The lowest BCUT2D eigenvalue weighted by atomic mass is 9.98. The molecule has 0 saturated carbocycles. The Labute approximate surface area is 63.3 Å². The van der Waals surface area contributed by atoms with Crippen LogP contribution in [0.3, 0.4) is 0 Å². The minimum atomic E-state index is -0.274. The minimum absolute atomic E-state index is 0.165. The lowest BCUT2D eigenvalue weighted by Gasteiger charge is -2.17. The van der Waals surface area contributed by atoms with Gasteiger partial charge in [-0.2, -0.15) is 0 Å². The first-order chi connectivity index (χ1) is 4.56. The molecule has 58 valence electrons. The Hall–Kier alpha value is 0.00987. The van der Waals surface area contributed by atoms with Crippen LogP contribution in [0.2, 0.25) is 0 Å². The first kappa shape index (κ1) is 10.0. The Morgan fingerprint density at radius 2 is 2.00 bits per heavy atom. The van der Waals surface area contributed by atoms with Gasteiger partial charge in [0, 0.05) is 6.61 Å². The van der Waals surface area contributed by atoms with Crippen LogP contribution in [-0.4, -0.2) is 27.0 Å². The smallest absolute Gasteiger partial charge is 0.424 e. The minimum Gasteiger partial charge on any atom is -0.457 e. The van der Waals surface area contributed by atoms with Crippen molar-refractivity contribution < 1.29 is 14.3 Å². The van der Waals surface area contributed by atoms with Crippen molar-refractivity contribution in [2.24, 2.45) is 5.41 Å². The highest BCUT2D eigenvalue weighted by Gasteiger charge is 2.09. The molecule has 0 aromatic carbocycles. The van der Waals surface area contributed by atoms with Crippen molar-refractivity contribution in [3.05, 3.63) is 0 Å². The molecule has 0 heterocycles. The summed E-state index contributed by atoms with van der Waals surface area (Å²) in [4.78, 5) is 0. The van der Waals surface area contributed by atoms with Gasteiger partial charge in [-0.15, -0.1) is 0 Å². The summed E-state index contributed by atoms with van der Waals surface area (Å²) in [5, 5.41) is 8.19. The molecular formula is C5H14B2O3. The van der Waals surface area contributed by atoms with Crippen LogP contribution >= 0.6 is 0 Å². The zero-order chi connectivity index (χ0) is 8.04. The fourth-order valence-corrected chi connectivity index (χ4v) is 0.444. The molecule has 0 saturated heterocycles. The van der Waals surface area contributed by atoms with Crippen molar-refractivity contribution >= 4 is 15.4 Å². The van der Waals surface area contributed by atoms with Gasteiger partial charge < -0.3 is 14.3 Å². The van der Waals surface area contributed by atoms with Crippen molar-refractivity contribution in [3.8, 4) is 0 Å². The van der Waals surface area contributed by atoms with Crippen LogP contribution in [-0.2, 0) is 9.23 Å². The maximum Gasteiger partial charge on any atom is 0.424 e. The summed E-state index contributed by atoms with van der Waals surface area (Å²) in [7, 11) is -0.0993. The Balaban J connectivity index is 3.04. The lowest BCUT2D eigenvalue weighted by molar-refractivity contribution is 0.183. The highest BCUT2D eigenvalue weighted by molar-refractivity contribution is 6.33. The van der Waals surface area contributed by atoms with Crippen LogP contribution in [0, 0.1) is 5.41 Å². The Morgan fingerprint density at radius 3 is 2.40 bits per heavy atom. The normalized spacial score (nSPS) is 11.2. The van der Waals surface area contributed by atoms with Crippen molar-refractivity contribution in [3.63, 3.8) is 0 Å². The Kier molecular flexibility index (Phi) is 4.77. The quantitative estimate of drug-likeness (QED) is 0.430. The summed E-state index contributed by atoms with van der Waals surface area (Å²) in [5.74, 6) is 0. The molecule has 0 aromatic rings. The zero-order valence-electron chi connectivity index (χ0n) is 6.89. The molecule has 0 aliphatic heterocycles. The van der Waals surface area contributed by atoms with E-state index in [1.54, 1.807) is 0 Å².